The van der Waals surface area contributed by atoms with Crippen LogP contribution < -0.4 is 4.31 Å². The number of pyridine rings is 1. The Morgan fingerprint density at radius 1 is 1.25 bits per heavy atom. The van der Waals surface area contributed by atoms with Crippen molar-refractivity contribution in [2.45, 2.75) is 51.4 Å². The number of aryl methyl sites for hydroxylation is 1. The first-order valence-electron chi connectivity index (χ1n) is 12.6. The third-order valence-electron chi connectivity index (χ3n) is 8.88. The molecule has 1 aromatic carbocycles. The number of hydrogen-bond acceptors (Lipinski definition) is 5. The van der Waals surface area contributed by atoms with E-state index < -0.39 is 16.0 Å². The van der Waals surface area contributed by atoms with Gasteiger partial charge in [0, 0.05) is 13.2 Å². The largest absolute Gasteiger partial charge is 0.469 e. The van der Waals surface area contributed by atoms with Gasteiger partial charge in [0.15, 0.2) is 0 Å². The molecule has 36 heavy (non-hydrogen) atoms. The molecule has 1 aromatic heterocycles. The van der Waals surface area contributed by atoms with Crippen LogP contribution in [0.2, 0.25) is 0 Å². The Kier molecular flexibility index (Phi) is 6.43. The summed E-state index contributed by atoms with van der Waals surface area (Å²) >= 11 is 0. The van der Waals surface area contributed by atoms with Gasteiger partial charge in [0.2, 0.25) is 10.0 Å². The molecule has 5 rings (SSSR count). The first-order chi connectivity index (χ1) is 17.1. The minimum Gasteiger partial charge on any atom is -0.469 e. The number of rotatable bonds is 6. The van der Waals surface area contributed by atoms with Crippen molar-refractivity contribution in [3.8, 4) is 0 Å². The second-order valence-electron chi connectivity index (χ2n) is 10.6. The third-order valence-corrected chi connectivity index (χ3v) is 10.6. The van der Waals surface area contributed by atoms with Crippen molar-refractivity contribution in [1.82, 2.24) is 4.98 Å². The Balaban J connectivity index is 1.36. The molecule has 0 radical (unpaired) electrons. The van der Waals surface area contributed by atoms with E-state index in [4.69, 9.17) is 0 Å². The summed E-state index contributed by atoms with van der Waals surface area (Å²) in [5.41, 5.74) is 5.32. The lowest BCUT2D eigenvalue weighted by atomic mass is 9.54. The normalized spacial score (nSPS) is 26.9. The zero-order valence-corrected chi connectivity index (χ0v) is 21.9. The molecule has 3 aliphatic carbocycles. The highest BCUT2D eigenvalue weighted by molar-refractivity contribution is 7.92. The molecule has 4 atom stereocenters. The number of sulfonamides is 1. The number of ether oxygens (including phenoxy) is 1. The van der Waals surface area contributed by atoms with E-state index in [0.29, 0.717) is 23.4 Å². The van der Waals surface area contributed by atoms with Gasteiger partial charge in [-0.1, -0.05) is 19.1 Å². The second-order valence-corrected chi connectivity index (χ2v) is 12.7. The summed E-state index contributed by atoms with van der Waals surface area (Å²) in [6.07, 6.45) is 10.2. The zero-order valence-electron chi connectivity index (χ0n) is 21.0. The number of carbonyl (C=O) groups is 1. The minimum atomic E-state index is -3.63. The Morgan fingerprint density at radius 2 is 2.06 bits per heavy atom. The lowest BCUT2D eigenvalue weighted by molar-refractivity contribution is -0.140. The van der Waals surface area contributed by atoms with E-state index in [0.717, 1.165) is 37.7 Å². The highest BCUT2D eigenvalue weighted by Crippen LogP contribution is 2.63. The maximum absolute atomic E-state index is 13.9. The van der Waals surface area contributed by atoms with Crippen LogP contribution in [-0.4, -0.2) is 39.3 Å². The zero-order chi connectivity index (χ0) is 25.7. The first-order valence-corrected chi connectivity index (χ1v) is 14.2. The van der Waals surface area contributed by atoms with E-state index in [9.17, 15) is 17.6 Å². The molecule has 2 aromatic rings. The lowest BCUT2D eigenvalue weighted by Crippen LogP contribution is -2.41. The molecule has 0 aliphatic heterocycles. The van der Waals surface area contributed by atoms with Gasteiger partial charge in [-0.05, 0) is 95.7 Å². The third kappa shape index (κ3) is 4.23. The summed E-state index contributed by atoms with van der Waals surface area (Å²) in [5, 5.41) is 0. The van der Waals surface area contributed by atoms with Crippen molar-refractivity contribution in [2.75, 3.05) is 24.2 Å². The van der Waals surface area contributed by atoms with Gasteiger partial charge in [0.25, 0.3) is 0 Å². The van der Waals surface area contributed by atoms with Crippen LogP contribution in [0.15, 0.2) is 42.7 Å². The average molecular weight is 513 g/mol. The molecule has 0 unspecified atom stereocenters. The first kappa shape index (κ1) is 24.9. The highest BCUT2D eigenvalue weighted by atomic mass is 32.2. The molecule has 6 nitrogen and oxygen atoms in total. The molecular weight excluding hydrogens is 479 g/mol. The maximum atomic E-state index is 13.9. The average Bonchev–Trinajstić information content (AvgIpc) is 3.23. The fourth-order valence-electron chi connectivity index (χ4n) is 6.95. The molecule has 8 heteroatoms. The fourth-order valence-corrected chi connectivity index (χ4v) is 8.08. The van der Waals surface area contributed by atoms with Gasteiger partial charge in [0.05, 0.1) is 31.2 Å². The number of allylic oxidation sites excluding steroid dienone is 2. The van der Waals surface area contributed by atoms with Crippen LogP contribution in [0.1, 0.15) is 61.6 Å². The van der Waals surface area contributed by atoms with Crippen LogP contribution in [0, 0.1) is 23.1 Å². The molecule has 192 valence electrons. The standard InChI is InChI=1S/C28H33FN2O4S/c1-28-12-10-23-22-7-5-21(31(2)36(33,34)13-11-27(32)35-3)15-18(22)4-6-24(23)26(28)9-8-25(28)19-14-20(29)17-30-16-19/h5,7-8,14-17,23-24,26H,4,6,9-13H2,1-3H3/t23-,24-,26+,28-/m1/s1. The SMILES string of the molecule is COC(=O)CCS(=O)(=O)N(C)c1ccc2c(c1)CC[C@@H]1[C@@H]2CC[C@]2(C)C(c3cncc(F)c3)=CC[C@@H]12. The molecule has 1 saturated carbocycles. The molecular formula is C28H33FN2O4S. The van der Waals surface area contributed by atoms with Crippen molar-refractivity contribution in [1.29, 1.82) is 0 Å². The number of esters is 1. The van der Waals surface area contributed by atoms with E-state index in [2.05, 4.69) is 28.8 Å². The Morgan fingerprint density at radius 3 is 2.81 bits per heavy atom. The second kappa shape index (κ2) is 9.29. The molecule has 0 spiro atoms. The van der Waals surface area contributed by atoms with Gasteiger partial charge in [-0.3, -0.25) is 14.1 Å². The topological polar surface area (TPSA) is 76.6 Å². The summed E-state index contributed by atoms with van der Waals surface area (Å²) in [5.74, 6) is 0.372. The fraction of sp³-hybridized carbons (Fsp3) is 0.500. The molecule has 3 aliphatic rings. The van der Waals surface area contributed by atoms with Gasteiger partial charge < -0.3 is 4.74 Å². The van der Waals surface area contributed by atoms with Gasteiger partial charge in [-0.2, -0.15) is 0 Å². The Labute approximate surface area is 212 Å². The number of benzene rings is 1. The molecule has 0 N–H and O–H groups in total. The van der Waals surface area contributed by atoms with Crippen LogP contribution in [0.4, 0.5) is 10.1 Å². The highest BCUT2D eigenvalue weighted by Gasteiger charge is 2.52. The van der Waals surface area contributed by atoms with E-state index in [1.165, 1.54) is 34.3 Å². The van der Waals surface area contributed by atoms with Crippen LogP contribution in [0.5, 0.6) is 0 Å². The lowest BCUT2D eigenvalue weighted by Gasteiger charge is -2.50. The smallest absolute Gasteiger partial charge is 0.306 e. The van der Waals surface area contributed by atoms with Crippen molar-refractivity contribution < 1.29 is 22.3 Å². The van der Waals surface area contributed by atoms with Crippen LogP contribution in [-0.2, 0) is 26.0 Å². The van der Waals surface area contributed by atoms with Gasteiger partial charge >= 0.3 is 5.97 Å². The quantitative estimate of drug-likeness (QED) is 0.504. The predicted octanol–water partition coefficient (Wildman–Crippen LogP) is 5.10. The van der Waals surface area contributed by atoms with Crippen molar-refractivity contribution in [2.24, 2.45) is 17.3 Å². The van der Waals surface area contributed by atoms with E-state index in [1.807, 2.05) is 12.1 Å². The van der Waals surface area contributed by atoms with Crippen LogP contribution in [0.25, 0.3) is 5.57 Å². The number of carbonyl (C=O) groups excluding carboxylic acids is 1. The van der Waals surface area contributed by atoms with E-state index in [1.54, 1.807) is 19.3 Å². The number of anilines is 1. The molecule has 1 fully saturated rings. The van der Waals surface area contributed by atoms with Crippen molar-refractivity contribution in [3.63, 3.8) is 0 Å². The molecule has 0 bridgehead atoms. The molecule has 0 saturated heterocycles. The van der Waals surface area contributed by atoms with Gasteiger partial charge in [-0.15, -0.1) is 0 Å². The van der Waals surface area contributed by atoms with Crippen molar-refractivity contribution in [3.05, 3.63) is 65.2 Å². The maximum Gasteiger partial charge on any atom is 0.306 e. The summed E-state index contributed by atoms with van der Waals surface area (Å²) in [4.78, 5) is 15.5. The summed E-state index contributed by atoms with van der Waals surface area (Å²) in [6, 6.07) is 7.61. The van der Waals surface area contributed by atoms with E-state index >= 15 is 0 Å². The number of halogens is 1. The number of fused-ring (bicyclic) bond motifs is 5. The van der Waals surface area contributed by atoms with Crippen LogP contribution in [0.3, 0.4) is 0 Å². The van der Waals surface area contributed by atoms with Gasteiger partial charge in [-0.25, -0.2) is 12.8 Å². The number of aromatic nitrogens is 1. The minimum absolute atomic E-state index is 0.0159. The summed E-state index contributed by atoms with van der Waals surface area (Å²) in [7, 11) is -0.835. The monoisotopic (exact) mass is 512 g/mol. The summed E-state index contributed by atoms with van der Waals surface area (Å²) in [6.45, 7) is 2.34. The van der Waals surface area contributed by atoms with Gasteiger partial charge in [0.1, 0.15) is 5.82 Å². The molecule has 0 amide bonds. The molecule has 1 heterocycles. The van der Waals surface area contributed by atoms with E-state index in [-0.39, 0.29) is 23.4 Å². The number of nitrogens with zero attached hydrogens (tertiary/aromatic N) is 2. The number of hydrogen-bond donors (Lipinski definition) is 0. The summed E-state index contributed by atoms with van der Waals surface area (Å²) < 4.78 is 45.3. The van der Waals surface area contributed by atoms with Crippen LogP contribution >= 0.6 is 0 Å². The predicted molar refractivity (Wildman–Crippen MR) is 137 cm³/mol. The Bertz CT molecular complexity index is 1320. The Hall–Kier alpha value is -2.74. The van der Waals surface area contributed by atoms with Crippen molar-refractivity contribution >= 4 is 27.3 Å². The number of methoxy groups -OCH3 is 1.